The molecule has 0 aliphatic heterocycles. The summed E-state index contributed by atoms with van der Waals surface area (Å²) >= 11 is 0. The topological polar surface area (TPSA) is 36.7 Å². The van der Waals surface area contributed by atoms with Gasteiger partial charge in [-0.25, -0.2) is 0 Å². The van der Waals surface area contributed by atoms with Crippen LogP contribution in [0.5, 0.6) is 0 Å². The molecule has 0 spiro atoms. The van der Waals surface area contributed by atoms with E-state index < -0.39 is 0 Å². The summed E-state index contributed by atoms with van der Waals surface area (Å²) in [6.07, 6.45) is 3.55. The Morgan fingerprint density at radius 2 is 1.75 bits per heavy atom. The van der Waals surface area contributed by atoms with Crippen LogP contribution in [0.15, 0.2) is 66.9 Å². The lowest BCUT2D eigenvalue weighted by molar-refractivity contribution is 1.30. The van der Waals surface area contributed by atoms with Crippen LogP contribution in [0.2, 0.25) is 0 Å². The quantitative estimate of drug-likeness (QED) is 0.641. The molecule has 3 aromatic rings. The van der Waals surface area contributed by atoms with Crippen LogP contribution >= 0.6 is 0 Å². The van der Waals surface area contributed by atoms with Gasteiger partial charge in [0.05, 0.1) is 17.3 Å². The molecule has 0 fully saturated rings. The summed E-state index contributed by atoms with van der Waals surface area (Å²) < 4.78 is 0. The summed E-state index contributed by atoms with van der Waals surface area (Å²) in [7, 11) is 0. The molecule has 0 atom stereocenters. The summed E-state index contributed by atoms with van der Waals surface area (Å²) in [6.45, 7) is 0. The monoisotopic (exact) mass is 256 g/mol. The van der Waals surface area contributed by atoms with E-state index in [2.05, 4.69) is 23.2 Å². The van der Waals surface area contributed by atoms with Gasteiger partial charge in [0.15, 0.2) is 0 Å². The third kappa shape index (κ3) is 2.30. The van der Waals surface area contributed by atoms with E-state index in [-0.39, 0.29) is 0 Å². The fourth-order valence-corrected chi connectivity index (χ4v) is 2.24. The summed E-state index contributed by atoms with van der Waals surface area (Å²) in [5.74, 6) is 0. The average Bonchev–Trinajstić information content (AvgIpc) is 2.53. The second-order valence-corrected chi connectivity index (χ2v) is 4.45. The molecule has 20 heavy (non-hydrogen) atoms. The van der Waals surface area contributed by atoms with Gasteiger partial charge in [0.25, 0.3) is 0 Å². The molecule has 0 aliphatic rings. The highest BCUT2D eigenvalue weighted by atomic mass is 14.6. The molecule has 0 N–H and O–H groups in total. The van der Waals surface area contributed by atoms with Crippen molar-refractivity contribution in [2.24, 2.45) is 0 Å². The van der Waals surface area contributed by atoms with Crippen molar-refractivity contribution in [3.63, 3.8) is 0 Å². The maximum Gasteiger partial charge on any atom is 0.0998 e. The smallest absolute Gasteiger partial charge is 0.0998 e. The number of nitriles is 1. The minimum Gasteiger partial charge on any atom is -0.257 e. The molecule has 0 radical (unpaired) electrons. The molecule has 0 saturated carbocycles. The fraction of sp³-hybridized carbons (Fsp3) is 0. The van der Waals surface area contributed by atoms with Gasteiger partial charge >= 0.3 is 0 Å². The Kier molecular flexibility index (Phi) is 3.26. The van der Waals surface area contributed by atoms with Crippen molar-refractivity contribution in [2.75, 3.05) is 0 Å². The molecule has 2 nitrogen and oxygen atoms in total. The van der Waals surface area contributed by atoms with Gasteiger partial charge in [0.2, 0.25) is 0 Å². The van der Waals surface area contributed by atoms with E-state index in [4.69, 9.17) is 0 Å². The molecular weight excluding hydrogens is 244 g/mol. The minimum absolute atomic E-state index is 0.625. The number of hydrogen-bond acceptors (Lipinski definition) is 2. The number of nitrogens with zero attached hydrogens (tertiary/aromatic N) is 2. The summed E-state index contributed by atoms with van der Waals surface area (Å²) in [4.78, 5) is 4.24. The van der Waals surface area contributed by atoms with Gasteiger partial charge in [-0.05, 0) is 29.0 Å². The lowest BCUT2D eigenvalue weighted by Gasteiger charge is -2.05. The normalized spacial score (nSPS) is 11.2. The molecule has 2 aromatic carbocycles. The zero-order valence-corrected chi connectivity index (χ0v) is 10.8. The van der Waals surface area contributed by atoms with Crippen molar-refractivity contribution in [2.45, 2.75) is 0 Å². The van der Waals surface area contributed by atoms with Crippen molar-refractivity contribution in [3.05, 3.63) is 78.1 Å². The van der Waals surface area contributed by atoms with Crippen LogP contribution in [0.1, 0.15) is 11.3 Å². The largest absolute Gasteiger partial charge is 0.257 e. The fourth-order valence-electron chi connectivity index (χ4n) is 2.24. The highest BCUT2D eigenvalue weighted by molar-refractivity contribution is 6.01. The van der Waals surface area contributed by atoms with Crippen LogP contribution in [-0.4, -0.2) is 4.98 Å². The Hall–Kier alpha value is -2.92. The molecular formula is C18H12N2. The molecule has 2 heteroatoms. The van der Waals surface area contributed by atoms with E-state index in [9.17, 15) is 5.26 Å². The molecule has 0 amide bonds. The van der Waals surface area contributed by atoms with Crippen LogP contribution in [0.3, 0.4) is 0 Å². The van der Waals surface area contributed by atoms with Crippen molar-refractivity contribution in [1.29, 1.82) is 5.26 Å². The minimum atomic E-state index is 0.625. The van der Waals surface area contributed by atoms with Gasteiger partial charge < -0.3 is 0 Å². The molecule has 0 saturated heterocycles. The number of fused-ring (bicyclic) bond motifs is 1. The summed E-state index contributed by atoms with van der Waals surface area (Å²) in [5.41, 5.74) is 2.36. The second-order valence-electron chi connectivity index (χ2n) is 4.45. The van der Waals surface area contributed by atoms with Gasteiger partial charge in [-0.2, -0.15) is 5.26 Å². The van der Waals surface area contributed by atoms with E-state index in [1.807, 2.05) is 54.6 Å². The predicted molar refractivity (Wildman–Crippen MR) is 81.7 cm³/mol. The first kappa shape index (κ1) is 12.1. The molecule has 0 aliphatic carbocycles. The van der Waals surface area contributed by atoms with Crippen molar-refractivity contribution >= 4 is 22.4 Å². The number of allylic oxidation sites excluding steroid dienone is 1. The van der Waals surface area contributed by atoms with Crippen molar-refractivity contribution < 1.29 is 0 Å². The van der Waals surface area contributed by atoms with E-state index in [1.54, 1.807) is 6.20 Å². The van der Waals surface area contributed by atoms with Gasteiger partial charge in [-0.3, -0.25) is 4.98 Å². The molecule has 0 unspecified atom stereocenters. The van der Waals surface area contributed by atoms with Crippen molar-refractivity contribution in [1.82, 2.24) is 4.98 Å². The third-order valence-electron chi connectivity index (χ3n) is 3.18. The summed E-state index contributed by atoms with van der Waals surface area (Å²) in [5, 5.41) is 11.7. The first-order valence-electron chi connectivity index (χ1n) is 6.39. The van der Waals surface area contributed by atoms with Crippen LogP contribution in [0, 0.1) is 11.3 Å². The third-order valence-corrected chi connectivity index (χ3v) is 3.18. The highest BCUT2D eigenvalue weighted by Crippen LogP contribution is 2.25. The molecule has 3 rings (SSSR count). The standard InChI is InChI=1S/C18H12N2/c19-13-15(12-16-8-3-4-11-20-16)18-10-5-7-14-6-1-2-9-17(14)18/h1-12H/b15-12+. The Balaban J connectivity index is 2.18. The predicted octanol–water partition coefficient (Wildman–Crippen LogP) is 4.30. The Morgan fingerprint density at radius 3 is 2.55 bits per heavy atom. The van der Waals surface area contributed by atoms with Gasteiger partial charge in [0, 0.05) is 11.8 Å². The van der Waals surface area contributed by atoms with E-state index in [0.717, 1.165) is 22.0 Å². The zero-order valence-electron chi connectivity index (χ0n) is 10.8. The lowest BCUT2D eigenvalue weighted by atomic mass is 9.98. The SMILES string of the molecule is N#C/C(=C\c1ccccn1)c1cccc2ccccc12. The maximum atomic E-state index is 9.45. The lowest BCUT2D eigenvalue weighted by Crippen LogP contribution is -1.86. The Bertz CT molecular complexity index is 806. The van der Waals surface area contributed by atoms with E-state index in [1.165, 1.54) is 0 Å². The molecule has 0 bridgehead atoms. The first-order chi connectivity index (χ1) is 9.88. The zero-order chi connectivity index (χ0) is 13.8. The van der Waals surface area contributed by atoms with Crippen LogP contribution in [0.25, 0.3) is 22.4 Å². The van der Waals surface area contributed by atoms with E-state index >= 15 is 0 Å². The highest BCUT2D eigenvalue weighted by Gasteiger charge is 2.06. The molecule has 94 valence electrons. The van der Waals surface area contributed by atoms with Crippen molar-refractivity contribution in [3.8, 4) is 6.07 Å². The Labute approximate surface area is 117 Å². The van der Waals surface area contributed by atoms with Crippen LogP contribution in [-0.2, 0) is 0 Å². The van der Waals surface area contributed by atoms with Gasteiger partial charge in [-0.15, -0.1) is 0 Å². The number of aromatic nitrogens is 1. The molecule has 1 aromatic heterocycles. The van der Waals surface area contributed by atoms with Crippen LogP contribution < -0.4 is 0 Å². The summed E-state index contributed by atoms with van der Waals surface area (Å²) in [6, 6.07) is 22.0. The van der Waals surface area contributed by atoms with Gasteiger partial charge in [-0.1, -0.05) is 48.5 Å². The van der Waals surface area contributed by atoms with Crippen LogP contribution in [0.4, 0.5) is 0 Å². The molecule has 1 heterocycles. The number of benzene rings is 2. The first-order valence-corrected chi connectivity index (χ1v) is 6.39. The second kappa shape index (κ2) is 5.38. The van der Waals surface area contributed by atoms with E-state index in [0.29, 0.717) is 5.57 Å². The number of pyridine rings is 1. The number of rotatable bonds is 2. The number of hydrogen-bond donors (Lipinski definition) is 0. The van der Waals surface area contributed by atoms with Gasteiger partial charge in [0.1, 0.15) is 0 Å². The average molecular weight is 256 g/mol. The Morgan fingerprint density at radius 1 is 0.950 bits per heavy atom. The maximum absolute atomic E-state index is 9.45.